The molecule has 0 radical (unpaired) electrons. The van der Waals surface area contributed by atoms with E-state index in [-0.39, 0.29) is 0 Å². The Bertz CT molecular complexity index is 820. The Kier molecular flexibility index (Phi) is 7.01. The van der Waals surface area contributed by atoms with Crippen LogP contribution in [0.3, 0.4) is 0 Å². The molecule has 7 heteroatoms. The van der Waals surface area contributed by atoms with Crippen LogP contribution in [-0.4, -0.2) is 41.3 Å². The van der Waals surface area contributed by atoms with E-state index < -0.39 is 11.8 Å². The average molecular weight is 401 g/mol. The lowest BCUT2D eigenvalue weighted by Crippen LogP contribution is -2.41. The van der Waals surface area contributed by atoms with Crippen LogP contribution in [0.25, 0.3) is 0 Å². The van der Waals surface area contributed by atoms with E-state index in [1.165, 1.54) is 0 Å². The van der Waals surface area contributed by atoms with Gasteiger partial charge in [0.25, 0.3) is 0 Å². The number of aromatic nitrogens is 1. The summed E-state index contributed by atoms with van der Waals surface area (Å²) in [5.74, 6) is -0.911. The van der Waals surface area contributed by atoms with Gasteiger partial charge in [0.1, 0.15) is 0 Å². The number of pyridine rings is 1. The number of hydrogen-bond acceptors (Lipinski definition) is 4. The number of amides is 2. The summed E-state index contributed by atoms with van der Waals surface area (Å²) in [7, 11) is 0. The second kappa shape index (κ2) is 9.66. The predicted molar refractivity (Wildman–Crippen MR) is 110 cm³/mol. The van der Waals surface area contributed by atoms with Crippen molar-refractivity contribution in [3.8, 4) is 0 Å². The van der Waals surface area contributed by atoms with Crippen molar-refractivity contribution in [2.75, 3.05) is 25.0 Å². The first-order valence-electron chi connectivity index (χ1n) is 9.49. The topological polar surface area (TPSA) is 74.3 Å². The molecule has 2 amide bonds. The molecule has 1 aliphatic heterocycles. The van der Waals surface area contributed by atoms with Gasteiger partial charge in [-0.1, -0.05) is 23.7 Å². The van der Waals surface area contributed by atoms with E-state index in [9.17, 15) is 9.59 Å². The van der Waals surface area contributed by atoms with Crippen molar-refractivity contribution in [3.05, 3.63) is 58.9 Å². The highest BCUT2D eigenvalue weighted by atomic mass is 35.5. The maximum atomic E-state index is 12.1. The molecule has 0 saturated carbocycles. The molecule has 148 valence electrons. The minimum atomic E-state index is -0.674. The van der Waals surface area contributed by atoms with E-state index in [2.05, 4.69) is 20.5 Å². The molecule has 28 heavy (non-hydrogen) atoms. The number of nitrogens with zero attached hydrogens (tertiary/aromatic N) is 2. The lowest BCUT2D eigenvalue weighted by Gasteiger charge is -2.31. The summed E-state index contributed by atoms with van der Waals surface area (Å²) in [5.41, 5.74) is 2.50. The van der Waals surface area contributed by atoms with Gasteiger partial charge in [-0.3, -0.25) is 19.5 Å². The van der Waals surface area contributed by atoms with Crippen molar-refractivity contribution in [3.63, 3.8) is 0 Å². The van der Waals surface area contributed by atoms with Gasteiger partial charge in [0.05, 0.1) is 5.69 Å². The molecule has 2 N–H and O–H groups in total. The zero-order valence-electron chi connectivity index (χ0n) is 16.0. The third-order valence-electron chi connectivity index (χ3n) is 5.01. The Morgan fingerprint density at radius 3 is 2.64 bits per heavy atom. The molecule has 1 fully saturated rings. The minimum absolute atomic E-state index is 0.380. The fourth-order valence-electron chi connectivity index (χ4n) is 3.25. The number of carbonyl (C=O) groups is 2. The molecule has 0 bridgehead atoms. The summed E-state index contributed by atoms with van der Waals surface area (Å²) >= 11 is 6.04. The maximum Gasteiger partial charge on any atom is 0.313 e. The van der Waals surface area contributed by atoms with E-state index >= 15 is 0 Å². The number of rotatable bonds is 5. The van der Waals surface area contributed by atoms with Crippen molar-refractivity contribution < 1.29 is 9.59 Å². The normalized spacial score (nSPS) is 15.2. The van der Waals surface area contributed by atoms with Gasteiger partial charge in [-0.2, -0.15) is 0 Å². The lowest BCUT2D eigenvalue weighted by atomic mass is 9.96. The number of anilines is 1. The van der Waals surface area contributed by atoms with E-state index in [0.29, 0.717) is 23.2 Å². The van der Waals surface area contributed by atoms with Gasteiger partial charge in [-0.25, -0.2) is 0 Å². The monoisotopic (exact) mass is 400 g/mol. The van der Waals surface area contributed by atoms with E-state index in [1.807, 2.05) is 31.3 Å². The van der Waals surface area contributed by atoms with E-state index in [0.717, 1.165) is 43.7 Å². The molecule has 0 unspecified atom stereocenters. The standard InChI is InChI=1S/C21H25ClN4O2/c1-15-5-6-17(12-19(15)22)25-21(28)20(27)24-13-16-7-10-26(11-8-16)14-18-4-2-3-9-23-18/h2-6,9,12,16H,7-8,10-11,13-14H2,1H3,(H,24,27)(H,25,28). The van der Waals surface area contributed by atoms with Gasteiger partial charge in [-0.05, 0) is 68.6 Å². The van der Waals surface area contributed by atoms with Gasteiger partial charge in [0.15, 0.2) is 0 Å². The largest absolute Gasteiger partial charge is 0.348 e. The number of aryl methyl sites for hydroxylation is 1. The van der Waals surface area contributed by atoms with Gasteiger partial charge in [-0.15, -0.1) is 0 Å². The fraction of sp³-hybridized carbons (Fsp3) is 0.381. The van der Waals surface area contributed by atoms with Crippen LogP contribution in [0, 0.1) is 12.8 Å². The zero-order chi connectivity index (χ0) is 19.9. The van der Waals surface area contributed by atoms with Crippen molar-refractivity contribution in [2.24, 2.45) is 5.92 Å². The van der Waals surface area contributed by atoms with Crippen LogP contribution in [0.4, 0.5) is 5.69 Å². The first-order valence-corrected chi connectivity index (χ1v) is 9.86. The number of benzene rings is 1. The molecule has 0 atom stereocenters. The summed E-state index contributed by atoms with van der Waals surface area (Å²) in [6, 6.07) is 11.1. The molecule has 0 aliphatic carbocycles. The summed E-state index contributed by atoms with van der Waals surface area (Å²) in [6.45, 7) is 5.17. The SMILES string of the molecule is Cc1ccc(NC(=O)C(=O)NCC2CCN(Cc3ccccn3)CC2)cc1Cl. The molecule has 2 aromatic rings. The Morgan fingerprint density at radius 2 is 1.96 bits per heavy atom. The summed E-state index contributed by atoms with van der Waals surface area (Å²) < 4.78 is 0. The highest BCUT2D eigenvalue weighted by Gasteiger charge is 2.21. The quantitative estimate of drug-likeness (QED) is 0.756. The summed E-state index contributed by atoms with van der Waals surface area (Å²) in [4.78, 5) is 30.9. The average Bonchev–Trinajstić information content (AvgIpc) is 2.71. The second-order valence-electron chi connectivity index (χ2n) is 7.17. The first kappa shape index (κ1) is 20.3. The van der Waals surface area contributed by atoms with E-state index in [4.69, 9.17) is 11.6 Å². The van der Waals surface area contributed by atoms with Crippen molar-refractivity contribution in [1.82, 2.24) is 15.2 Å². The molecular formula is C21H25ClN4O2. The van der Waals surface area contributed by atoms with Gasteiger partial charge < -0.3 is 10.6 Å². The van der Waals surface area contributed by atoms with Gasteiger partial charge in [0.2, 0.25) is 0 Å². The predicted octanol–water partition coefficient (Wildman–Crippen LogP) is 3.01. The summed E-state index contributed by atoms with van der Waals surface area (Å²) in [6.07, 6.45) is 3.79. The summed E-state index contributed by atoms with van der Waals surface area (Å²) in [5, 5.41) is 5.88. The van der Waals surface area contributed by atoms with Crippen LogP contribution in [0.1, 0.15) is 24.1 Å². The third kappa shape index (κ3) is 5.78. The van der Waals surface area contributed by atoms with Gasteiger partial charge in [0, 0.05) is 30.0 Å². The second-order valence-corrected chi connectivity index (χ2v) is 7.58. The van der Waals surface area contributed by atoms with Crippen molar-refractivity contribution in [1.29, 1.82) is 0 Å². The van der Waals surface area contributed by atoms with Gasteiger partial charge >= 0.3 is 11.8 Å². The molecule has 1 aromatic carbocycles. The number of hydrogen-bond donors (Lipinski definition) is 2. The Labute approximate surface area is 170 Å². The minimum Gasteiger partial charge on any atom is -0.348 e. The maximum absolute atomic E-state index is 12.1. The highest BCUT2D eigenvalue weighted by molar-refractivity contribution is 6.39. The Morgan fingerprint density at radius 1 is 1.18 bits per heavy atom. The van der Waals surface area contributed by atoms with Crippen LogP contribution in [0.2, 0.25) is 5.02 Å². The zero-order valence-corrected chi connectivity index (χ0v) is 16.7. The Hall–Kier alpha value is -2.44. The number of nitrogens with one attached hydrogen (secondary N) is 2. The molecule has 6 nitrogen and oxygen atoms in total. The molecule has 0 spiro atoms. The van der Waals surface area contributed by atoms with Crippen molar-refractivity contribution in [2.45, 2.75) is 26.3 Å². The first-order chi connectivity index (χ1) is 13.5. The lowest BCUT2D eigenvalue weighted by molar-refractivity contribution is -0.136. The smallest absolute Gasteiger partial charge is 0.313 e. The van der Waals surface area contributed by atoms with Crippen LogP contribution >= 0.6 is 11.6 Å². The Balaban J connectivity index is 1.39. The number of piperidine rings is 1. The molecule has 1 aromatic heterocycles. The number of halogens is 1. The van der Waals surface area contributed by atoms with Crippen LogP contribution in [0.5, 0.6) is 0 Å². The van der Waals surface area contributed by atoms with Crippen LogP contribution in [0.15, 0.2) is 42.6 Å². The highest BCUT2D eigenvalue weighted by Crippen LogP contribution is 2.20. The van der Waals surface area contributed by atoms with Crippen LogP contribution in [-0.2, 0) is 16.1 Å². The molecule has 1 aliphatic rings. The molecular weight excluding hydrogens is 376 g/mol. The van der Waals surface area contributed by atoms with Crippen LogP contribution < -0.4 is 10.6 Å². The number of carbonyl (C=O) groups excluding carboxylic acids is 2. The van der Waals surface area contributed by atoms with E-state index in [1.54, 1.807) is 18.2 Å². The number of likely N-dealkylation sites (tertiary alicyclic amines) is 1. The molecule has 3 rings (SSSR count). The van der Waals surface area contributed by atoms with Crippen molar-refractivity contribution >= 4 is 29.1 Å². The molecule has 1 saturated heterocycles. The molecule has 2 heterocycles. The third-order valence-corrected chi connectivity index (χ3v) is 5.41. The fourth-order valence-corrected chi connectivity index (χ4v) is 3.43.